The maximum Gasteiger partial charge on any atom is 0.222 e. The number of Topliss-reactive ketones (excluding diaryl/α,β-unsaturated/α-hetero) is 1. The third-order valence-corrected chi connectivity index (χ3v) is 4.65. The lowest BCUT2D eigenvalue weighted by atomic mass is 9.91. The zero-order valence-electron chi connectivity index (χ0n) is 12.2. The minimum Gasteiger partial charge on any atom is -0.342 e. The maximum atomic E-state index is 12.3. The first-order valence-electron chi connectivity index (χ1n) is 7.53. The Hall–Kier alpha value is -0.900. The molecule has 0 aromatic heterocycles. The van der Waals surface area contributed by atoms with Crippen molar-refractivity contribution in [2.24, 2.45) is 11.8 Å². The fraction of sp³-hybridized carbons (Fsp3) is 0.867. The van der Waals surface area contributed by atoms with Gasteiger partial charge in [0.25, 0.3) is 0 Å². The van der Waals surface area contributed by atoms with Gasteiger partial charge >= 0.3 is 0 Å². The summed E-state index contributed by atoms with van der Waals surface area (Å²) < 4.78 is 0. The highest BCUT2D eigenvalue weighted by Crippen LogP contribution is 2.23. The van der Waals surface area contributed by atoms with Gasteiger partial charge in [-0.2, -0.15) is 0 Å². The predicted molar refractivity (Wildman–Crippen MR) is 74.8 cm³/mol. The molecule has 19 heavy (non-hydrogen) atoms. The smallest absolute Gasteiger partial charge is 0.222 e. The Kier molecular flexibility index (Phi) is 4.97. The topological polar surface area (TPSA) is 40.6 Å². The van der Waals surface area contributed by atoms with Crippen molar-refractivity contribution < 1.29 is 9.59 Å². The number of likely N-dealkylation sites (tertiary alicyclic amines) is 2. The fourth-order valence-corrected chi connectivity index (χ4v) is 3.18. The van der Waals surface area contributed by atoms with Gasteiger partial charge < -0.3 is 9.80 Å². The molecule has 0 aromatic carbocycles. The van der Waals surface area contributed by atoms with Crippen molar-refractivity contribution in [3.63, 3.8) is 0 Å². The lowest BCUT2D eigenvalue weighted by Crippen LogP contribution is -2.43. The van der Waals surface area contributed by atoms with Crippen LogP contribution in [0.4, 0.5) is 0 Å². The molecule has 2 aliphatic heterocycles. The molecule has 0 bridgehead atoms. The second kappa shape index (κ2) is 6.51. The molecule has 4 nitrogen and oxygen atoms in total. The van der Waals surface area contributed by atoms with Crippen LogP contribution in [0, 0.1) is 11.8 Å². The van der Waals surface area contributed by atoms with Crippen LogP contribution < -0.4 is 0 Å². The Balaban J connectivity index is 1.80. The molecule has 2 fully saturated rings. The van der Waals surface area contributed by atoms with E-state index >= 15 is 0 Å². The monoisotopic (exact) mass is 266 g/mol. The first-order chi connectivity index (χ1) is 9.06. The second-order valence-corrected chi connectivity index (χ2v) is 6.24. The van der Waals surface area contributed by atoms with Crippen LogP contribution >= 0.6 is 0 Å². The van der Waals surface area contributed by atoms with E-state index in [1.165, 1.54) is 0 Å². The summed E-state index contributed by atoms with van der Waals surface area (Å²) in [5.41, 5.74) is 0. The molecule has 1 unspecified atom stereocenters. The van der Waals surface area contributed by atoms with E-state index in [0.29, 0.717) is 18.9 Å². The Bertz CT molecular complexity index is 335. The summed E-state index contributed by atoms with van der Waals surface area (Å²) in [5.74, 6) is 1.12. The zero-order chi connectivity index (χ0) is 13.8. The number of piperidine rings is 2. The average Bonchev–Trinajstić information content (AvgIpc) is 2.41. The van der Waals surface area contributed by atoms with Crippen molar-refractivity contribution in [2.75, 3.05) is 33.2 Å². The number of carbonyl (C=O) groups is 2. The van der Waals surface area contributed by atoms with Crippen LogP contribution in [0.3, 0.4) is 0 Å². The molecule has 108 valence electrons. The van der Waals surface area contributed by atoms with E-state index in [1.54, 1.807) is 6.92 Å². The Morgan fingerprint density at radius 2 is 1.79 bits per heavy atom. The minimum absolute atomic E-state index is 0.0789. The molecule has 0 radical (unpaired) electrons. The quantitative estimate of drug-likeness (QED) is 0.778. The zero-order valence-corrected chi connectivity index (χ0v) is 12.2. The van der Waals surface area contributed by atoms with Crippen molar-refractivity contribution in [1.29, 1.82) is 0 Å². The van der Waals surface area contributed by atoms with Crippen LogP contribution in [-0.4, -0.2) is 54.7 Å². The van der Waals surface area contributed by atoms with E-state index in [-0.39, 0.29) is 17.6 Å². The molecule has 0 spiro atoms. The van der Waals surface area contributed by atoms with E-state index in [1.807, 2.05) is 4.90 Å². The van der Waals surface area contributed by atoms with E-state index < -0.39 is 0 Å². The molecule has 2 heterocycles. The number of hydrogen-bond acceptors (Lipinski definition) is 3. The lowest BCUT2D eigenvalue weighted by Gasteiger charge is -2.34. The van der Waals surface area contributed by atoms with Crippen molar-refractivity contribution in [3.05, 3.63) is 0 Å². The first-order valence-corrected chi connectivity index (χ1v) is 7.53. The summed E-state index contributed by atoms with van der Waals surface area (Å²) in [4.78, 5) is 28.0. The molecular formula is C15H26N2O2. The highest BCUT2D eigenvalue weighted by molar-refractivity contribution is 5.81. The van der Waals surface area contributed by atoms with Crippen LogP contribution in [0.5, 0.6) is 0 Å². The Labute approximate surface area is 116 Å². The van der Waals surface area contributed by atoms with Crippen LogP contribution in [0.2, 0.25) is 0 Å². The Morgan fingerprint density at radius 3 is 2.42 bits per heavy atom. The summed E-state index contributed by atoms with van der Waals surface area (Å²) in [6, 6.07) is 0. The molecule has 2 aliphatic rings. The SMILES string of the molecule is CC(=O)C1CCCN(C(=O)CC2CCN(C)CC2)C1. The highest BCUT2D eigenvalue weighted by atomic mass is 16.2. The molecule has 0 N–H and O–H groups in total. The largest absolute Gasteiger partial charge is 0.342 e. The number of hydrogen-bond donors (Lipinski definition) is 0. The number of nitrogens with zero attached hydrogens (tertiary/aromatic N) is 2. The third kappa shape index (κ3) is 4.03. The number of amides is 1. The molecular weight excluding hydrogens is 240 g/mol. The number of ketones is 1. The highest BCUT2D eigenvalue weighted by Gasteiger charge is 2.28. The first kappa shape index (κ1) is 14.5. The van der Waals surface area contributed by atoms with Gasteiger partial charge in [0.1, 0.15) is 5.78 Å². The van der Waals surface area contributed by atoms with Crippen LogP contribution in [0.1, 0.15) is 39.0 Å². The molecule has 0 saturated carbocycles. The number of rotatable bonds is 3. The van der Waals surface area contributed by atoms with Gasteiger partial charge in [0.05, 0.1) is 0 Å². The number of carbonyl (C=O) groups excluding carboxylic acids is 2. The maximum absolute atomic E-state index is 12.3. The van der Waals surface area contributed by atoms with Gasteiger partial charge in [-0.1, -0.05) is 0 Å². The van der Waals surface area contributed by atoms with Gasteiger partial charge in [0.15, 0.2) is 0 Å². The molecule has 4 heteroatoms. The van der Waals surface area contributed by atoms with Crippen molar-refractivity contribution >= 4 is 11.7 Å². The molecule has 1 atom stereocenters. The normalized spacial score (nSPS) is 26.4. The minimum atomic E-state index is 0.0789. The Morgan fingerprint density at radius 1 is 1.11 bits per heavy atom. The van der Waals surface area contributed by atoms with Crippen molar-refractivity contribution in [1.82, 2.24) is 9.80 Å². The predicted octanol–water partition coefficient (Wildman–Crippen LogP) is 1.55. The van der Waals surface area contributed by atoms with Gasteiger partial charge in [0, 0.05) is 25.4 Å². The molecule has 2 saturated heterocycles. The van der Waals surface area contributed by atoms with E-state index in [2.05, 4.69) is 11.9 Å². The van der Waals surface area contributed by atoms with Crippen LogP contribution in [0.25, 0.3) is 0 Å². The van der Waals surface area contributed by atoms with Gasteiger partial charge in [-0.25, -0.2) is 0 Å². The van der Waals surface area contributed by atoms with Gasteiger partial charge in [-0.05, 0) is 58.7 Å². The van der Waals surface area contributed by atoms with E-state index in [0.717, 1.165) is 45.3 Å². The van der Waals surface area contributed by atoms with Crippen LogP contribution in [0.15, 0.2) is 0 Å². The van der Waals surface area contributed by atoms with E-state index in [4.69, 9.17) is 0 Å². The fourth-order valence-electron chi connectivity index (χ4n) is 3.18. The summed E-state index contributed by atoms with van der Waals surface area (Å²) in [7, 11) is 2.14. The second-order valence-electron chi connectivity index (χ2n) is 6.24. The molecule has 0 aliphatic carbocycles. The molecule has 0 aromatic rings. The van der Waals surface area contributed by atoms with Crippen molar-refractivity contribution in [2.45, 2.75) is 39.0 Å². The average molecular weight is 266 g/mol. The van der Waals surface area contributed by atoms with Gasteiger partial charge in [0.2, 0.25) is 5.91 Å². The summed E-state index contributed by atoms with van der Waals surface area (Å²) in [6.45, 7) is 5.35. The van der Waals surface area contributed by atoms with Gasteiger partial charge in [-0.3, -0.25) is 9.59 Å². The van der Waals surface area contributed by atoms with Gasteiger partial charge in [-0.15, -0.1) is 0 Å². The summed E-state index contributed by atoms with van der Waals surface area (Å²) in [6.07, 6.45) is 4.87. The van der Waals surface area contributed by atoms with Crippen molar-refractivity contribution in [3.8, 4) is 0 Å². The van der Waals surface area contributed by atoms with Crippen LogP contribution in [-0.2, 0) is 9.59 Å². The summed E-state index contributed by atoms with van der Waals surface area (Å²) >= 11 is 0. The third-order valence-electron chi connectivity index (χ3n) is 4.65. The molecule has 1 amide bonds. The lowest BCUT2D eigenvalue weighted by molar-refractivity contribution is -0.135. The van der Waals surface area contributed by atoms with E-state index in [9.17, 15) is 9.59 Å². The molecule has 2 rings (SSSR count). The standard InChI is InChI=1S/C15H26N2O2/c1-12(18)14-4-3-7-17(11-14)15(19)10-13-5-8-16(2)9-6-13/h13-14H,3-11H2,1-2H3. The summed E-state index contributed by atoms with van der Waals surface area (Å²) in [5, 5.41) is 0.